The fraction of sp³-hybridized carbons (Fsp3) is 0.750. The maximum atomic E-state index is 11.5. The molecule has 0 aromatic rings. The molecule has 0 aliphatic heterocycles. The number of alkyl halides is 3. The van der Waals surface area contributed by atoms with Crippen molar-refractivity contribution < 1.29 is 21.6 Å². The minimum absolute atomic E-state index is 0.658. The van der Waals surface area contributed by atoms with Gasteiger partial charge in [0.15, 0.2) is 0 Å². The zero-order valence-electron chi connectivity index (χ0n) is 5.89. The monoisotopic (exact) mass is 223 g/mol. The minimum Gasteiger partial charge on any atom is -0.205 e. The molecule has 8 heteroatoms. The molecule has 0 unspecified atom stereocenters. The molecule has 0 saturated heterocycles. The van der Waals surface area contributed by atoms with Crippen LogP contribution in [0.3, 0.4) is 0 Å². The Morgan fingerprint density at radius 2 is 1.92 bits per heavy atom. The molecule has 0 aromatic carbocycles. The summed E-state index contributed by atoms with van der Waals surface area (Å²) in [5.74, 6) is 0. The largest absolute Gasteiger partial charge is 0.395 e. The van der Waals surface area contributed by atoms with Crippen LogP contribution in [-0.4, -0.2) is 26.0 Å². The Morgan fingerprint density at radius 1 is 1.50 bits per heavy atom. The van der Waals surface area contributed by atoms with Crippen LogP contribution in [0.4, 0.5) is 13.2 Å². The number of halogens is 4. The van der Waals surface area contributed by atoms with Crippen LogP contribution in [0.5, 0.6) is 0 Å². The van der Waals surface area contributed by atoms with Gasteiger partial charge in [-0.3, -0.25) is 0 Å². The highest BCUT2D eigenvalue weighted by molar-refractivity contribution is 7.89. The van der Waals surface area contributed by atoms with Gasteiger partial charge in [-0.25, -0.2) is 8.42 Å². The third kappa shape index (κ3) is 7.80. The molecule has 72 valence electrons. The summed E-state index contributed by atoms with van der Waals surface area (Å²) < 4.78 is 57.8. The fourth-order valence-electron chi connectivity index (χ4n) is 0.378. The zero-order chi connectivity index (χ0) is 9.99. The summed E-state index contributed by atoms with van der Waals surface area (Å²) in [5.41, 5.74) is 0. The number of nitrogens with zero attached hydrogens (tertiary/aromatic N) is 1. The van der Waals surface area contributed by atoms with Crippen molar-refractivity contribution in [3.63, 3.8) is 0 Å². The molecular weight excluding hydrogens is 219 g/mol. The topological polar surface area (TPSA) is 46.5 Å². The lowest BCUT2D eigenvalue weighted by molar-refractivity contribution is -0.120. The van der Waals surface area contributed by atoms with Crippen molar-refractivity contribution in [2.45, 2.75) is 12.6 Å². The first-order valence-electron chi connectivity index (χ1n) is 2.61. The summed E-state index contributed by atoms with van der Waals surface area (Å²) in [6.07, 6.45) is -5.40. The van der Waals surface area contributed by atoms with E-state index in [0.717, 1.165) is 0 Å². The lowest BCUT2D eigenvalue weighted by atomic mass is 10.5. The van der Waals surface area contributed by atoms with Crippen LogP contribution in [0.25, 0.3) is 0 Å². The van der Waals surface area contributed by atoms with Gasteiger partial charge in [0.05, 0.1) is 12.7 Å². The highest BCUT2D eigenvalue weighted by Crippen LogP contribution is 2.21. The number of sulfonamides is 1. The quantitative estimate of drug-likeness (QED) is 0.667. The van der Waals surface area contributed by atoms with Crippen molar-refractivity contribution in [3.05, 3.63) is 0 Å². The number of hydrogen-bond acceptors (Lipinski definition) is 2. The molecule has 0 aromatic heterocycles. The predicted octanol–water partition coefficient (Wildman–Crippen LogP) is 1.54. The molecule has 0 saturated carbocycles. The highest BCUT2D eigenvalue weighted by Gasteiger charge is 2.29. The van der Waals surface area contributed by atoms with Gasteiger partial charge in [-0.2, -0.15) is 17.6 Å². The lowest BCUT2D eigenvalue weighted by Crippen LogP contribution is -2.12. The average Bonchev–Trinajstić information content (AvgIpc) is 1.49. The molecule has 0 rings (SSSR count). The van der Waals surface area contributed by atoms with E-state index in [1.165, 1.54) is 0 Å². The van der Waals surface area contributed by atoms with Crippen LogP contribution in [0.15, 0.2) is 4.40 Å². The summed E-state index contributed by atoms with van der Waals surface area (Å²) in [7, 11) is -3.84. The van der Waals surface area contributed by atoms with Gasteiger partial charge in [-0.05, 0) is 0 Å². The molecule has 0 fully saturated rings. The molecule has 0 amide bonds. The van der Waals surface area contributed by atoms with Crippen molar-refractivity contribution in [2.75, 3.05) is 6.26 Å². The third-order valence-electron chi connectivity index (χ3n) is 0.611. The molecule has 0 N–H and O–H groups in total. The Bertz CT molecular complexity index is 281. The van der Waals surface area contributed by atoms with Crippen LogP contribution in [0.2, 0.25) is 0 Å². The standard InChI is InChI=1S/C4H5ClF3NO2S/c1-12(10,11)9-3(5)2-4(6,7)8/h2H2,1H3. The summed E-state index contributed by atoms with van der Waals surface area (Å²) in [4.78, 5) is 0. The smallest absolute Gasteiger partial charge is 0.205 e. The number of hydrogen-bond donors (Lipinski definition) is 0. The van der Waals surface area contributed by atoms with Crippen LogP contribution >= 0.6 is 11.6 Å². The van der Waals surface area contributed by atoms with Crippen molar-refractivity contribution in [1.29, 1.82) is 0 Å². The van der Waals surface area contributed by atoms with Crippen molar-refractivity contribution in [2.24, 2.45) is 4.40 Å². The maximum Gasteiger partial charge on any atom is 0.395 e. The second-order valence-electron chi connectivity index (χ2n) is 1.99. The lowest BCUT2D eigenvalue weighted by Gasteiger charge is -2.02. The van der Waals surface area contributed by atoms with E-state index in [9.17, 15) is 21.6 Å². The van der Waals surface area contributed by atoms with Gasteiger partial charge < -0.3 is 0 Å². The van der Waals surface area contributed by atoms with Gasteiger partial charge in [0.25, 0.3) is 10.0 Å². The molecular formula is C4H5ClF3NO2S. The van der Waals surface area contributed by atoms with Gasteiger partial charge in [-0.15, -0.1) is 0 Å². The molecule has 12 heavy (non-hydrogen) atoms. The van der Waals surface area contributed by atoms with E-state index in [0.29, 0.717) is 6.26 Å². The van der Waals surface area contributed by atoms with E-state index in [1.54, 1.807) is 0 Å². The summed E-state index contributed by atoms with van der Waals surface area (Å²) in [5, 5.41) is -0.981. The Labute approximate surface area is 72.3 Å². The van der Waals surface area contributed by atoms with Crippen molar-refractivity contribution >= 4 is 26.8 Å². The predicted molar refractivity (Wildman–Crippen MR) is 38.8 cm³/mol. The first-order valence-corrected chi connectivity index (χ1v) is 4.84. The first kappa shape index (κ1) is 11.7. The van der Waals surface area contributed by atoms with E-state index >= 15 is 0 Å². The van der Waals surface area contributed by atoms with Gasteiger partial charge in [-0.1, -0.05) is 11.6 Å². The molecule has 0 heterocycles. The molecule has 0 spiro atoms. The number of rotatable bonds is 2. The van der Waals surface area contributed by atoms with Gasteiger partial charge in [0.2, 0.25) is 0 Å². The normalized spacial score (nSPS) is 14.9. The van der Waals surface area contributed by atoms with Crippen molar-refractivity contribution in [3.8, 4) is 0 Å². The van der Waals surface area contributed by atoms with E-state index in [4.69, 9.17) is 11.6 Å². The molecule has 0 aliphatic rings. The fourth-order valence-corrected chi connectivity index (χ4v) is 1.33. The van der Waals surface area contributed by atoms with Crippen LogP contribution in [-0.2, 0) is 10.0 Å². The molecule has 0 bridgehead atoms. The van der Waals surface area contributed by atoms with Crippen LogP contribution < -0.4 is 0 Å². The zero-order valence-corrected chi connectivity index (χ0v) is 7.46. The third-order valence-corrected chi connectivity index (χ3v) is 1.48. The second-order valence-corrected chi connectivity index (χ2v) is 4.08. The summed E-state index contributed by atoms with van der Waals surface area (Å²) >= 11 is 4.90. The Balaban J connectivity index is 4.44. The van der Waals surface area contributed by atoms with Gasteiger partial charge >= 0.3 is 6.18 Å². The molecule has 0 radical (unpaired) electrons. The average molecular weight is 224 g/mol. The van der Waals surface area contributed by atoms with Crippen molar-refractivity contribution in [1.82, 2.24) is 0 Å². The van der Waals surface area contributed by atoms with Gasteiger partial charge in [0.1, 0.15) is 5.17 Å². The van der Waals surface area contributed by atoms with E-state index in [1.807, 2.05) is 0 Å². The Hall–Kier alpha value is -0.300. The molecule has 3 nitrogen and oxygen atoms in total. The molecule has 0 atom stereocenters. The summed E-state index contributed by atoms with van der Waals surface area (Å²) in [6, 6.07) is 0. The van der Waals surface area contributed by atoms with E-state index in [-0.39, 0.29) is 0 Å². The Morgan fingerprint density at radius 3 is 2.17 bits per heavy atom. The second kappa shape index (κ2) is 3.61. The first-order chi connectivity index (χ1) is 5.10. The molecule has 0 aliphatic carbocycles. The van der Waals surface area contributed by atoms with E-state index < -0.39 is 27.8 Å². The SMILES string of the molecule is CS(=O)(=O)N=C(Cl)CC(F)(F)F. The van der Waals surface area contributed by atoms with Crippen LogP contribution in [0.1, 0.15) is 6.42 Å². The minimum atomic E-state index is -4.54. The highest BCUT2D eigenvalue weighted by atomic mass is 35.5. The summed E-state index contributed by atoms with van der Waals surface area (Å²) in [6.45, 7) is 0. The maximum absolute atomic E-state index is 11.5. The van der Waals surface area contributed by atoms with E-state index in [2.05, 4.69) is 4.40 Å². The van der Waals surface area contributed by atoms with Gasteiger partial charge in [0, 0.05) is 0 Å². The Kier molecular flexibility index (Phi) is 3.52. The van der Waals surface area contributed by atoms with Crippen LogP contribution in [0, 0.1) is 0 Å².